The molecule has 0 radical (unpaired) electrons. The largest absolute Gasteiger partial charge is 0.340 e. The number of hydrogen-bond acceptors (Lipinski definition) is 3. The number of sulfonamides is 1. The molecule has 0 aliphatic carbocycles. The van der Waals surface area contributed by atoms with Crippen molar-refractivity contribution in [1.29, 1.82) is 0 Å². The van der Waals surface area contributed by atoms with Crippen molar-refractivity contribution in [3.8, 4) is 0 Å². The zero-order chi connectivity index (χ0) is 18.4. The van der Waals surface area contributed by atoms with E-state index in [1.807, 2.05) is 11.0 Å². The highest BCUT2D eigenvalue weighted by atomic mass is 35.5. The van der Waals surface area contributed by atoms with E-state index in [0.29, 0.717) is 5.02 Å². The van der Waals surface area contributed by atoms with E-state index in [0.717, 1.165) is 37.8 Å². The Kier molecular flexibility index (Phi) is 7.28. The number of carbonyl (C=O) groups excluding carboxylic acids is 1. The maximum Gasteiger partial charge on any atom is 0.224 e. The SMILES string of the molecule is CCC1CCCCN1C(=O)CCN(Cc1ccccc1Cl)S(C)(=O)=O. The molecule has 0 N–H and O–H groups in total. The third-order valence-electron chi connectivity index (χ3n) is 4.77. The van der Waals surface area contributed by atoms with Crippen LogP contribution >= 0.6 is 11.6 Å². The minimum atomic E-state index is -3.42. The molecule has 140 valence electrons. The Morgan fingerprint density at radius 1 is 1.32 bits per heavy atom. The van der Waals surface area contributed by atoms with Gasteiger partial charge >= 0.3 is 0 Å². The molecular formula is C18H27ClN2O3S. The Labute approximate surface area is 156 Å². The molecule has 1 unspecified atom stereocenters. The highest BCUT2D eigenvalue weighted by Crippen LogP contribution is 2.22. The molecule has 1 heterocycles. The monoisotopic (exact) mass is 386 g/mol. The van der Waals surface area contributed by atoms with E-state index in [1.165, 1.54) is 10.6 Å². The van der Waals surface area contributed by atoms with Gasteiger partial charge in [-0.3, -0.25) is 4.79 Å². The molecule has 0 aromatic heterocycles. The third kappa shape index (κ3) is 5.69. The van der Waals surface area contributed by atoms with Crippen molar-refractivity contribution >= 4 is 27.5 Å². The molecule has 0 spiro atoms. The van der Waals surface area contributed by atoms with Crippen LogP contribution in [0.5, 0.6) is 0 Å². The van der Waals surface area contributed by atoms with Crippen LogP contribution in [0.3, 0.4) is 0 Å². The Hall–Kier alpha value is -1.11. The van der Waals surface area contributed by atoms with Crippen molar-refractivity contribution in [3.05, 3.63) is 34.9 Å². The number of amides is 1. The highest BCUT2D eigenvalue weighted by molar-refractivity contribution is 7.88. The number of halogens is 1. The molecule has 0 saturated carbocycles. The normalized spacial score (nSPS) is 18.6. The van der Waals surface area contributed by atoms with Crippen LogP contribution in [-0.2, 0) is 21.4 Å². The zero-order valence-electron chi connectivity index (χ0n) is 14.9. The lowest BCUT2D eigenvalue weighted by Crippen LogP contribution is -2.44. The first-order valence-corrected chi connectivity index (χ1v) is 11.0. The molecular weight excluding hydrogens is 360 g/mol. The molecule has 2 rings (SSSR count). The number of carbonyl (C=O) groups is 1. The number of piperidine rings is 1. The maximum atomic E-state index is 12.6. The maximum absolute atomic E-state index is 12.6. The van der Waals surface area contributed by atoms with Gasteiger partial charge in [0.25, 0.3) is 0 Å². The number of likely N-dealkylation sites (tertiary alicyclic amines) is 1. The lowest BCUT2D eigenvalue weighted by atomic mass is 9.99. The molecule has 1 fully saturated rings. The highest BCUT2D eigenvalue weighted by Gasteiger charge is 2.26. The number of benzene rings is 1. The molecule has 25 heavy (non-hydrogen) atoms. The van der Waals surface area contributed by atoms with Crippen molar-refractivity contribution in [3.63, 3.8) is 0 Å². The summed E-state index contributed by atoms with van der Waals surface area (Å²) in [6, 6.07) is 7.46. The van der Waals surface area contributed by atoms with Crippen LogP contribution in [0.1, 0.15) is 44.6 Å². The second-order valence-electron chi connectivity index (χ2n) is 6.58. The molecule has 1 atom stereocenters. The fourth-order valence-electron chi connectivity index (χ4n) is 3.30. The second-order valence-corrected chi connectivity index (χ2v) is 8.97. The molecule has 1 aliphatic rings. The Morgan fingerprint density at radius 3 is 2.68 bits per heavy atom. The van der Waals surface area contributed by atoms with Crippen LogP contribution in [0, 0.1) is 0 Å². The second kappa shape index (κ2) is 9.01. The fourth-order valence-corrected chi connectivity index (χ4v) is 4.29. The Balaban J connectivity index is 2.03. The summed E-state index contributed by atoms with van der Waals surface area (Å²) in [6.07, 6.45) is 5.54. The topological polar surface area (TPSA) is 57.7 Å². The summed E-state index contributed by atoms with van der Waals surface area (Å²) >= 11 is 6.14. The summed E-state index contributed by atoms with van der Waals surface area (Å²) in [5, 5.41) is 0.532. The first kappa shape index (κ1) is 20.2. The quantitative estimate of drug-likeness (QED) is 0.722. The number of rotatable bonds is 7. The van der Waals surface area contributed by atoms with Gasteiger partial charge in [0.15, 0.2) is 0 Å². The van der Waals surface area contributed by atoms with E-state index < -0.39 is 10.0 Å². The van der Waals surface area contributed by atoms with Gasteiger partial charge in [-0.15, -0.1) is 0 Å². The summed E-state index contributed by atoms with van der Waals surface area (Å²) in [5.74, 6) is 0.0411. The first-order valence-electron chi connectivity index (χ1n) is 8.81. The van der Waals surface area contributed by atoms with E-state index in [2.05, 4.69) is 6.92 Å². The molecule has 0 bridgehead atoms. The van der Waals surface area contributed by atoms with Gasteiger partial charge in [0, 0.05) is 37.1 Å². The lowest BCUT2D eigenvalue weighted by Gasteiger charge is -2.35. The predicted molar refractivity (Wildman–Crippen MR) is 101 cm³/mol. The lowest BCUT2D eigenvalue weighted by molar-refractivity contribution is -0.135. The first-order chi connectivity index (χ1) is 11.8. The molecule has 5 nitrogen and oxygen atoms in total. The van der Waals surface area contributed by atoms with Crippen LogP contribution in [0.2, 0.25) is 5.02 Å². The van der Waals surface area contributed by atoms with Crippen LogP contribution in [-0.4, -0.2) is 48.9 Å². The van der Waals surface area contributed by atoms with Crippen molar-refractivity contribution in [2.24, 2.45) is 0 Å². The predicted octanol–water partition coefficient (Wildman–Crippen LogP) is 3.28. The van der Waals surface area contributed by atoms with E-state index in [9.17, 15) is 13.2 Å². The molecule has 1 aliphatic heterocycles. The van der Waals surface area contributed by atoms with Gasteiger partial charge in [-0.1, -0.05) is 36.7 Å². The van der Waals surface area contributed by atoms with Crippen molar-refractivity contribution in [1.82, 2.24) is 9.21 Å². The summed E-state index contributed by atoms with van der Waals surface area (Å²) in [7, 11) is -3.42. The molecule has 1 aromatic carbocycles. The standard InChI is InChI=1S/C18H27ClN2O3S/c1-3-16-9-6-7-12-21(16)18(22)11-13-20(25(2,23)24)14-15-8-4-5-10-17(15)19/h4-5,8,10,16H,3,6-7,9,11-14H2,1-2H3. The van der Waals surface area contributed by atoms with Crippen LogP contribution in [0.4, 0.5) is 0 Å². The van der Waals surface area contributed by atoms with E-state index in [4.69, 9.17) is 11.6 Å². The third-order valence-corrected chi connectivity index (χ3v) is 6.39. The minimum absolute atomic E-state index is 0.0411. The van der Waals surface area contributed by atoms with Crippen LogP contribution in [0.25, 0.3) is 0 Å². The number of hydrogen-bond donors (Lipinski definition) is 0. The molecule has 1 aromatic rings. The van der Waals surface area contributed by atoms with E-state index in [1.54, 1.807) is 18.2 Å². The van der Waals surface area contributed by atoms with Gasteiger partial charge < -0.3 is 4.90 Å². The molecule has 7 heteroatoms. The van der Waals surface area contributed by atoms with Crippen molar-refractivity contribution in [2.75, 3.05) is 19.3 Å². The minimum Gasteiger partial charge on any atom is -0.340 e. The Morgan fingerprint density at radius 2 is 2.04 bits per heavy atom. The van der Waals surface area contributed by atoms with Crippen LogP contribution in [0.15, 0.2) is 24.3 Å². The van der Waals surface area contributed by atoms with E-state index >= 15 is 0 Å². The van der Waals surface area contributed by atoms with Crippen molar-refractivity contribution in [2.45, 2.75) is 51.6 Å². The van der Waals surface area contributed by atoms with Gasteiger partial charge in [-0.25, -0.2) is 8.42 Å². The molecule has 1 amide bonds. The zero-order valence-corrected chi connectivity index (χ0v) is 16.5. The van der Waals surface area contributed by atoms with Crippen molar-refractivity contribution < 1.29 is 13.2 Å². The average molecular weight is 387 g/mol. The summed E-state index contributed by atoms with van der Waals surface area (Å²) < 4.78 is 25.6. The van der Waals surface area contributed by atoms with Gasteiger partial charge in [-0.05, 0) is 37.3 Å². The van der Waals surface area contributed by atoms with Gasteiger partial charge in [0.05, 0.1) is 6.26 Å². The molecule has 1 saturated heterocycles. The summed E-state index contributed by atoms with van der Waals surface area (Å²) in [4.78, 5) is 14.5. The Bertz CT molecular complexity index is 693. The van der Waals surface area contributed by atoms with E-state index in [-0.39, 0.29) is 31.5 Å². The summed E-state index contributed by atoms with van der Waals surface area (Å²) in [5.41, 5.74) is 0.742. The van der Waals surface area contributed by atoms with Gasteiger partial charge in [0.2, 0.25) is 15.9 Å². The van der Waals surface area contributed by atoms with Crippen LogP contribution < -0.4 is 0 Å². The van der Waals surface area contributed by atoms with Gasteiger partial charge in [-0.2, -0.15) is 4.31 Å². The van der Waals surface area contributed by atoms with Gasteiger partial charge in [0.1, 0.15) is 0 Å². The number of nitrogens with zero attached hydrogens (tertiary/aromatic N) is 2. The smallest absolute Gasteiger partial charge is 0.224 e. The summed E-state index contributed by atoms with van der Waals surface area (Å²) in [6.45, 7) is 3.23. The fraction of sp³-hybridized carbons (Fsp3) is 0.611. The average Bonchev–Trinajstić information content (AvgIpc) is 2.58.